The highest BCUT2D eigenvalue weighted by molar-refractivity contribution is 9.11. The molecule has 0 amide bonds. The first-order chi connectivity index (χ1) is 20.1. The van der Waals surface area contributed by atoms with E-state index in [2.05, 4.69) is 56.1 Å². The normalized spacial score (nSPS) is 12.7. The van der Waals surface area contributed by atoms with Crippen LogP contribution in [0.1, 0.15) is 37.4 Å². The van der Waals surface area contributed by atoms with Gasteiger partial charge >= 0.3 is 15.2 Å². The van der Waals surface area contributed by atoms with Gasteiger partial charge in [0.05, 0.1) is 46.3 Å². The average Bonchev–Trinajstić information content (AvgIpc) is 3.70. The van der Waals surface area contributed by atoms with Gasteiger partial charge in [-0.25, -0.2) is 0 Å². The lowest BCUT2D eigenvalue weighted by atomic mass is 10.0. The molecule has 0 fully saturated rings. The van der Waals surface area contributed by atoms with Gasteiger partial charge in [0, 0.05) is 50.8 Å². The summed E-state index contributed by atoms with van der Waals surface area (Å²) < 4.78 is 53.2. The Balaban J connectivity index is 1.62. The van der Waals surface area contributed by atoms with Gasteiger partial charge in [0.25, 0.3) is 0 Å². The van der Waals surface area contributed by atoms with E-state index in [9.17, 15) is 9.13 Å². The molecular formula is C28H30Br2O6P2S4. The zero-order valence-corrected chi connectivity index (χ0v) is 31.7. The maximum atomic E-state index is 13.2. The monoisotopic (exact) mass is 810 g/mol. The molecule has 0 aliphatic heterocycles. The minimum absolute atomic E-state index is 0.247. The smallest absolute Gasteiger partial charge is 0.309 e. The highest BCUT2D eigenvalue weighted by atomic mass is 79.9. The molecule has 14 heteroatoms. The Hall–Kier alpha value is -0.200. The molecule has 5 rings (SSSR count). The molecular weight excluding hydrogens is 782 g/mol. The van der Waals surface area contributed by atoms with Crippen molar-refractivity contribution >= 4 is 113 Å². The number of hydrogen-bond acceptors (Lipinski definition) is 10. The van der Waals surface area contributed by atoms with Crippen molar-refractivity contribution in [3.05, 3.63) is 53.7 Å². The maximum absolute atomic E-state index is 13.2. The van der Waals surface area contributed by atoms with Crippen LogP contribution in [0.5, 0.6) is 0 Å². The summed E-state index contributed by atoms with van der Waals surface area (Å²) in [6.07, 6.45) is 0.493. The largest absolute Gasteiger partial charge is 0.335 e. The van der Waals surface area contributed by atoms with Crippen LogP contribution in [0.2, 0.25) is 0 Å². The van der Waals surface area contributed by atoms with Gasteiger partial charge < -0.3 is 18.1 Å². The third kappa shape index (κ3) is 7.11. The molecule has 0 bridgehead atoms. The highest BCUT2D eigenvalue weighted by Gasteiger charge is 2.28. The van der Waals surface area contributed by atoms with Crippen LogP contribution >= 0.6 is 92.4 Å². The lowest BCUT2D eigenvalue weighted by molar-refractivity contribution is 0.218. The lowest BCUT2D eigenvalue weighted by Gasteiger charge is -2.16. The summed E-state index contributed by atoms with van der Waals surface area (Å²) in [6.45, 7) is 8.67. The predicted molar refractivity (Wildman–Crippen MR) is 188 cm³/mol. The third-order valence-corrected chi connectivity index (χ3v) is 16.2. The molecule has 0 atom stereocenters. The standard InChI is InChI=1S/C28H30Br2O6P2S4/c1-5-33-37(31,34-6-2)15-17-9-11-21(39-17)25-19-13-23(29)42-28(19)26(20-14-24(30)41-27(20)25)22-12-10-18(40-22)16-38(32,35-7-3)36-8-4/h9-14H,5-8,15-16H2,1-4H3. The van der Waals surface area contributed by atoms with Crippen molar-refractivity contribution < 1.29 is 27.2 Å². The van der Waals surface area contributed by atoms with Crippen LogP contribution in [0.3, 0.4) is 0 Å². The molecule has 4 aromatic heterocycles. The second kappa shape index (κ2) is 14.1. The van der Waals surface area contributed by atoms with Gasteiger partial charge in [-0.15, -0.1) is 45.3 Å². The van der Waals surface area contributed by atoms with Gasteiger partial charge in [-0.05, 0) is 96.0 Å². The number of fused-ring (bicyclic) bond motifs is 2. The Morgan fingerprint density at radius 1 is 0.595 bits per heavy atom. The van der Waals surface area contributed by atoms with Crippen molar-refractivity contribution in [1.82, 2.24) is 0 Å². The average molecular weight is 813 g/mol. The van der Waals surface area contributed by atoms with E-state index in [0.717, 1.165) is 49.0 Å². The van der Waals surface area contributed by atoms with E-state index < -0.39 is 15.2 Å². The van der Waals surface area contributed by atoms with Gasteiger partial charge in [0.15, 0.2) is 0 Å². The highest BCUT2D eigenvalue weighted by Crippen LogP contribution is 2.57. The van der Waals surface area contributed by atoms with Gasteiger partial charge in [-0.1, -0.05) is 0 Å². The molecule has 1 aromatic carbocycles. The van der Waals surface area contributed by atoms with E-state index in [0.29, 0.717) is 26.4 Å². The molecule has 226 valence electrons. The Morgan fingerprint density at radius 3 is 1.29 bits per heavy atom. The topological polar surface area (TPSA) is 71.1 Å². The van der Waals surface area contributed by atoms with Gasteiger partial charge in [0.1, 0.15) is 0 Å². The fourth-order valence-electron chi connectivity index (χ4n) is 4.82. The van der Waals surface area contributed by atoms with E-state index in [1.54, 1.807) is 45.3 Å². The van der Waals surface area contributed by atoms with E-state index in [4.69, 9.17) is 18.1 Å². The summed E-state index contributed by atoms with van der Waals surface area (Å²) >= 11 is 14.2. The molecule has 0 spiro atoms. The maximum Gasteiger partial charge on any atom is 0.335 e. The summed E-state index contributed by atoms with van der Waals surface area (Å²) in [5.41, 5.74) is 2.32. The second-order valence-corrected chi connectivity index (χ2v) is 20.4. The summed E-state index contributed by atoms with van der Waals surface area (Å²) in [7, 11) is -6.43. The number of hydrogen-bond donors (Lipinski definition) is 0. The second-order valence-electron chi connectivity index (χ2n) is 9.08. The quantitative estimate of drug-likeness (QED) is 0.104. The van der Waals surface area contributed by atoms with E-state index in [1.165, 1.54) is 9.40 Å². The minimum atomic E-state index is -3.21. The molecule has 0 N–H and O–H groups in total. The van der Waals surface area contributed by atoms with Crippen LogP contribution in [0, 0.1) is 0 Å². The Bertz CT molecular complexity index is 1600. The third-order valence-electron chi connectivity index (χ3n) is 6.22. The molecule has 4 heterocycles. The molecule has 6 nitrogen and oxygen atoms in total. The molecule has 0 saturated carbocycles. The summed E-state index contributed by atoms with van der Waals surface area (Å²) in [4.78, 5) is 4.13. The van der Waals surface area contributed by atoms with Crippen molar-refractivity contribution in [1.29, 1.82) is 0 Å². The van der Waals surface area contributed by atoms with Crippen molar-refractivity contribution in [3.8, 4) is 20.9 Å². The molecule has 42 heavy (non-hydrogen) atoms. The van der Waals surface area contributed by atoms with Crippen LogP contribution in [0.15, 0.2) is 44.0 Å². The molecule has 0 aliphatic rings. The van der Waals surface area contributed by atoms with E-state index >= 15 is 0 Å². The fourth-order valence-corrected chi connectivity index (χ4v) is 14.6. The first kappa shape index (κ1) is 33.2. The van der Waals surface area contributed by atoms with Gasteiger partial charge in [-0.3, -0.25) is 9.13 Å². The van der Waals surface area contributed by atoms with Crippen molar-refractivity contribution in [2.24, 2.45) is 0 Å². The Morgan fingerprint density at radius 2 is 0.952 bits per heavy atom. The van der Waals surface area contributed by atoms with Gasteiger partial charge in [0.2, 0.25) is 0 Å². The first-order valence-corrected chi connectivity index (χ1v) is 21.7. The van der Waals surface area contributed by atoms with Crippen LogP contribution in [0.25, 0.3) is 41.1 Å². The summed E-state index contributed by atoms with van der Waals surface area (Å²) in [5, 5.41) is 2.30. The molecule has 0 saturated heterocycles. The van der Waals surface area contributed by atoms with Crippen molar-refractivity contribution in [2.45, 2.75) is 40.0 Å². The minimum Gasteiger partial charge on any atom is -0.309 e. The fraction of sp³-hybridized carbons (Fsp3) is 0.357. The van der Waals surface area contributed by atoms with E-state index in [1.807, 2.05) is 39.8 Å². The van der Waals surface area contributed by atoms with Crippen LogP contribution in [-0.4, -0.2) is 26.4 Å². The zero-order chi connectivity index (χ0) is 30.1. The zero-order valence-electron chi connectivity index (χ0n) is 23.4. The van der Waals surface area contributed by atoms with Crippen LogP contribution in [0.4, 0.5) is 0 Å². The van der Waals surface area contributed by atoms with Crippen molar-refractivity contribution in [2.75, 3.05) is 26.4 Å². The number of thiophene rings is 4. The van der Waals surface area contributed by atoms with E-state index in [-0.39, 0.29) is 12.3 Å². The van der Waals surface area contributed by atoms with Crippen molar-refractivity contribution in [3.63, 3.8) is 0 Å². The molecule has 0 radical (unpaired) electrons. The number of halogens is 2. The Kier molecular flexibility index (Phi) is 11.1. The van der Waals surface area contributed by atoms with Gasteiger partial charge in [-0.2, -0.15) is 0 Å². The Labute approximate surface area is 278 Å². The SMILES string of the molecule is CCOP(=O)(Cc1ccc(-c2c3cc(Br)sc3c(-c3ccc(CP(=O)(OCC)OCC)s3)c3cc(Br)sc23)s1)OCC. The number of rotatable bonds is 14. The molecule has 5 aromatic rings. The molecule has 0 unspecified atom stereocenters. The van der Waals surface area contributed by atoms with Crippen LogP contribution < -0.4 is 0 Å². The molecule has 0 aliphatic carbocycles. The van der Waals surface area contributed by atoms with Crippen LogP contribution in [-0.2, 0) is 39.5 Å². The number of benzene rings is 1. The summed E-state index contributed by atoms with van der Waals surface area (Å²) in [5.74, 6) is 0. The summed E-state index contributed by atoms with van der Waals surface area (Å²) in [6, 6.07) is 12.6. The predicted octanol–water partition coefficient (Wildman–Crippen LogP) is 12.6. The lowest BCUT2D eigenvalue weighted by Crippen LogP contribution is -1.97. The first-order valence-electron chi connectivity index (χ1n) is 13.4.